The number of aromatic nitrogens is 2. The molecule has 0 amide bonds. The van der Waals surface area contributed by atoms with Gasteiger partial charge in [0.25, 0.3) is 0 Å². The Hall–Kier alpha value is -2.59. The number of piperazine rings is 1. The summed E-state index contributed by atoms with van der Waals surface area (Å²) in [7, 11) is -0.490. The van der Waals surface area contributed by atoms with Gasteiger partial charge in [0, 0.05) is 31.7 Å². The summed E-state index contributed by atoms with van der Waals surface area (Å²) in [5, 5.41) is 9.21. The fraction of sp³-hybridized carbons (Fsp3) is 0.273. The first-order chi connectivity index (χ1) is 15.8. The number of hydrogen-bond acceptors (Lipinski definition) is 7. The van der Waals surface area contributed by atoms with Crippen molar-refractivity contribution in [3.8, 4) is 22.8 Å². The van der Waals surface area contributed by atoms with Gasteiger partial charge in [-0.05, 0) is 48.5 Å². The molecule has 33 heavy (non-hydrogen) atoms. The van der Waals surface area contributed by atoms with E-state index in [-0.39, 0.29) is 9.92 Å². The van der Waals surface area contributed by atoms with Gasteiger partial charge in [-0.15, -0.1) is 10.2 Å². The van der Waals surface area contributed by atoms with E-state index in [1.807, 2.05) is 35.2 Å². The van der Waals surface area contributed by atoms with Gasteiger partial charge >= 0.3 is 0 Å². The Morgan fingerprint density at radius 3 is 2.15 bits per heavy atom. The summed E-state index contributed by atoms with van der Waals surface area (Å²) in [6.07, 6.45) is 0. The number of benzene rings is 2. The van der Waals surface area contributed by atoms with Crippen LogP contribution in [0.2, 0.25) is 10.0 Å². The van der Waals surface area contributed by atoms with Gasteiger partial charge < -0.3 is 14.4 Å². The summed E-state index contributed by atoms with van der Waals surface area (Å²) in [5.74, 6) is 1.94. The van der Waals surface area contributed by atoms with E-state index >= 15 is 0 Å². The van der Waals surface area contributed by atoms with E-state index in [2.05, 4.69) is 10.2 Å². The van der Waals surface area contributed by atoms with Crippen LogP contribution in [0.15, 0.2) is 53.4 Å². The Morgan fingerprint density at radius 2 is 1.55 bits per heavy atom. The van der Waals surface area contributed by atoms with Crippen molar-refractivity contribution in [1.82, 2.24) is 14.5 Å². The van der Waals surface area contributed by atoms with Crippen molar-refractivity contribution >= 4 is 39.0 Å². The highest BCUT2D eigenvalue weighted by atomic mass is 35.5. The first-order valence-electron chi connectivity index (χ1n) is 10.1. The molecule has 0 saturated carbocycles. The summed E-state index contributed by atoms with van der Waals surface area (Å²) in [6.45, 7) is 1.62. The highest BCUT2D eigenvalue weighted by Gasteiger charge is 2.29. The second kappa shape index (κ2) is 9.72. The zero-order chi connectivity index (χ0) is 23.6. The maximum absolute atomic E-state index is 13.0. The molecule has 0 spiro atoms. The van der Waals surface area contributed by atoms with Gasteiger partial charge in [-0.3, -0.25) is 0 Å². The minimum atomic E-state index is -3.66. The second-order valence-corrected chi connectivity index (χ2v) is 10.1. The first-order valence-corrected chi connectivity index (χ1v) is 12.3. The molecule has 0 aliphatic carbocycles. The van der Waals surface area contributed by atoms with Crippen LogP contribution < -0.4 is 14.4 Å². The van der Waals surface area contributed by atoms with Crippen molar-refractivity contribution in [2.75, 3.05) is 45.3 Å². The van der Waals surface area contributed by atoms with E-state index in [4.69, 9.17) is 32.7 Å². The number of methoxy groups -OCH3 is 2. The molecule has 0 N–H and O–H groups in total. The summed E-state index contributed by atoms with van der Waals surface area (Å²) in [5.41, 5.74) is 1.55. The van der Waals surface area contributed by atoms with E-state index in [1.54, 1.807) is 14.2 Å². The van der Waals surface area contributed by atoms with Crippen LogP contribution in [0.5, 0.6) is 11.5 Å². The average molecular weight is 509 g/mol. The van der Waals surface area contributed by atoms with Crippen molar-refractivity contribution in [2.45, 2.75) is 4.90 Å². The standard InChI is InChI=1S/C22H22Cl2N4O4S/c1-31-20-7-3-15(13-21(20)32-2)19-6-8-22(26-25-19)27-9-11-28(12-10-27)33(29,30)16-4-5-17(23)18(24)14-16/h3-8,13-14H,9-12H2,1-2H3. The quantitative estimate of drug-likeness (QED) is 0.497. The van der Waals surface area contributed by atoms with Gasteiger partial charge in [-0.1, -0.05) is 23.2 Å². The second-order valence-electron chi connectivity index (χ2n) is 7.31. The molecule has 1 aliphatic rings. The molecule has 11 heteroatoms. The molecular formula is C22H22Cl2N4O4S. The normalized spacial score (nSPS) is 14.8. The molecule has 1 aliphatic heterocycles. The number of anilines is 1. The van der Waals surface area contributed by atoms with Crippen molar-refractivity contribution in [3.63, 3.8) is 0 Å². The Labute approximate surface area is 202 Å². The molecule has 1 fully saturated rings. The largest absolute Gasteiger partial charge is 0.493 e. The van der Waals surface area contributed by atoms with Gasteiger partial charge in [0.15, 0.2) is 17.3 Å². The smallest absolute Gasteiger partial charge is 0.243 e. The molecule has 1 saturated heterocycles. The molecule has 0 unspecified atom stereocenters. The molecule has 3 aromatic rings. The van der Waals surface area contributed by atoms with Crippen molar-refractivity contribution < 1.29 is 17.9 Å². The Bertz CT molecular complexity index is 1250. The number of rotatable bonds is 6. The average Bonchev–Trinajstić information content (AvgIpc) is 2.85. The summed E-state index contributed by atoms with van der Waals surface area (Å²) in [6, 6.07) is 13.6. The lowest BCUT2D eigenvalue weighted by Crippen LogP contribution is -2.49. The predicted molar refractivity (Wildman–Crippen MR) is 128 cm³/mol. The third-order valence-electron chi connectivity index (χ3n) is 5.42. The minimum absolute atomic E-state index is 0.129. The van der Waals surface area contributed by atoms with Gasteiger partial charge in [0.1, 0.15) is 0 Å². The van der Waals surface area contributed by atoms with E-state index in [0.717, 1.165) is 5.56 Å². The molecule has 174 valence electrons. The molecular weight excluding hydrogens is 487 g/mol. The molecule has 8 nitrogen and oxygen atoms in total. The third kappa shape index (κ3) is 4.86. The lowest BCUT2D eigenvalue weighted by Gasteiger charge is -2.34. The fourth-order valence-electron chi connectivity index (χ4n) is 3.59. The number of ether oxygens (including phenoxy) is 2. The SMILES string of the molecule is COc1ccc(-c2ccc(N3CCN(S(=O)(=O)c4ccc(Cl)c(Cl)c4)CC3)nn2)cc1OC. The molecule has 4 rings (SSSR count). The van der Waals surface area contributed by atoms with Crippen LogP contribution in [-0.4, -0.2) is 63.3 Å². The highest BCUT2D eigenvalue weighted by Crippen LogP contribution is 2.32. The molecule has 1 aromatic heterocycles. The van der Waals surface area contributed by atoms with Crippen LogP contribution in [0, 0.1) is 0 Å². The zero-order valence-electron chi connectivity index (χ0n) is 18.0. The van der Waals surface area contributed by atoms with Crippen molar-refractivity contribution in [2.24, 2.45) is 0 Å². The summed E-state index contributed by atoms with van der Waals surface area (Å²) >= 11 is 11.9. The Balaban J connectivity index is 1.44. The number of sulfonamides is 1. The number of hydrogen-bond donors (Lipinski definition) is 0. The maximum Gasteiger partial charge on any atom is 0.243 e. The highest BCUT2D eigenvalue weighted by molar-refractivity contribution is 7.89. The van der Waals surface area contributed by atoms with E-state index in [9.17, 15) is 8.42 Å². The van der Waals surface area contributed by atoms with Crippen molar-refractivity contribution in [3.05, 3.63) is 58.6 Å². The van der Waals surface area contributed by atoms with Crippen LogP contribution >= 0.6 is 23.2 Å². The Kier molecular flexibility index (Phi) is 6.94. The van der Waals surface area contributed by atoms with Gasteiger partial charge in [0.05, 0.1) is 34.9 Å². The predicted octanol–water partition coefficient (Wildman–Crippen LogP) is 3.98. The molecule has 2 aromatic carbocycles. The van der Waals surface area contributed by atoms with E-state index in [0.29, 0.717) is 54.2 Å². The molecule has 2 heterocycles. The summed E-state index contributed by atoms with van der Waals surface area (Å²) < 4.78 is 38.0. The lowest BCUT2D eigenvalue weighted by molar-refractivity contribution is 0.355. The van der Waals surface area contributed by atoms with Gasteiger partial charge in [0.2, 0.25) is 10.0 Å². The van der Waals surface area contributed by atoms with Crippen LogP contribution in [0.25, 0.3) is 11.3 Å². The minimum Gasteiger partial charge on any atom is -0.493 e. The van der Waals surface area contributed by atoms with Crippen LogP contribution in [-0.2, 0) is 10.0 Å². The first kappa shape index (κ1) is 23.6. The number of halogens is 2. The summed E-state index contributed by atoms with van der Waals surface area (Å²) in [4.78, 5) is 2.14. The molecule has 0 atom stereocenters. The topological polar surface area (TPSA) is 84.9 Å². The van der Waals surface area contributed by atoms with Crippen LogP contribution in [0.4, 0.5) is 5.82 Å². The third-order valence-corrected chi connectivity index (χ3v) is 8.05. The molecule has 0 radical (unpaired) electrons. The fourth-order valence-corrected chi connectivity index (χ4v) is 5.40. The molecule has 0 bridgehead atoms. The van der Waals surface area contributed by atoms with Crippen LogP contribution in [0.3, 0.4) is 0 Å². The Morgan fingerprint density at radius 1 is 0.818 bits per heavy atom. The van der Waals surface area contributed by atoms with E-state index in [1.165, 1.54) is 22.5 Å². The van der Waals surface area contributed by atoms with Crippen LogP contribution in [0.1, 0.15) is 0 Å². The van der Waals surface area contributed by atoms with E-state index < -0.39 is 10.0 Å². The zero-order valence-corrected chi connectivity index (χ0v) is 20.4. The maximum atomic E-state index is 13.0. The van der Waals surface area contributed by atoms with Gasteiger partial charge in [-0.2, -0.15) is 4.31 Å². The van der Waals surface area contributed by atoms with Crippen molar-refractivity contribution in [1.29, 1.82) is 0 Å². The lowest BCUT2D eigenvalue weighted by atomic mass is 10.1. The van der Waals surface area contributed by atoms with Gasteiger partial charge in [-0.25, -0.2) is 8.42 Å². The number of nitrogens with zero attached hydrogens (tertiary/aromatic N) is 4. The monoisotopic (exact) mass is 508 g/mol.